The lowest BCUT2D eigenvalue weighted by molar-refractivity contribution is 0.539. The van der Waals surface area contributed by atoms with Gasteiger partial charge in [0.25, 0.3) is 0 Å². The van der Waals surface area contributed by atoms with Crippen LogP contribution in [0.1, 0.15) is 159 Å². The van der Waals surface area contributed by atoms with E-state index in [-0.39, 0.29) is 32.5 Å². The van der Waals surface area contributed by atoms with Gasteiger partial charge in [-0.2, -0.15) is 0 Å². The summed E-state index contributed by atoms with van der Waals surface area (Å²) in [5, 5.41) is 0. The second-order valence-corrected chi connectivity index (χ2v) is 33.4. The summed E-state index contributed by atoms with van der Waals surface area (Å²) in [6, 6.07) is 78.8. The third kappa shape index (κ3) is 15.1. The third-order valence-corrected chi connectivity index (χ3v) is 19.0. The Balaban J connectivity index is 0.856. The van der Waals surface area contributed by atoms with Crippen LogP contribution in [0, 0.1) is 0 Å². The molecule has 13 aromatic rings. The molecule has 0 spiro atoms. The predicted molar refractivity (Wildman–Crippen MR) is 424 cm³/mol. The summed E-state index contributed by atoms with van der Waals surface area (Å²) in [6.07, 6.45) is 5.72. The molecule has 6 heterocycles. The van der Waals surface area contributed by atoms with Gasteiger partial charge < -0.3 is 0 Å². The van der Waals surface area contributed by atoms with Gasteiger partial charge in [-0.3, -0.25) is 15.0 Å². The first kappa shape index (κ1) is 69.7. The lowest BCUT2D eigenvalue weighted by Gasteiger charge is -2.24. The van der Waals surface area contributed by atoms with Crippen LogP contribution in [0.15, 0.2) is 237 Å². The van der Waals surface area contributed by atoms with Crippen molar-refractivity contribution >= 4 is 0 Å². The van der Waals surface area contributed by atoms with Crippen LogP contribution < -0.4 is 0 Å². The van der Waals surface area contributed by atoms with Gasteiger partial charge in [0.2, 0.25) is 0 Å². The molecule has 0 unspecified atom stereocenters. The summed E-state index contributed by atoms with van der Waals surface area (Å²) >= 11 is 0. The van der Waals surface area contributed by atoms with Crippen molar-refractivity contribution in [1.29, 1.82) is 0 Å². The summed E-state index contributed by atoms with van der Waals surface area (Å²) in [5.41, 5.74) is 27.0. The Bertz CT molecular complexity index is 4570. The average Bonchev–Trinajstić information content (AvgIpc) is 0.777. The number of hydrogen-bond donors (Lipinski definition) is 0. The van der Waals surface area contributed by atoms with Crippen LogP contribution in [-0.2, 0) is 32.5 Å². The molecule has 13 rings (SSSR count). The minimum absolute atomic E-state index is 0.134. The van der Waals surface area contributed by atoms with E-state index >= 15 is 0 Å². The first-order valence-electron chi connectivity index (χ1n) is 35.6. The summed E-state index contributed by atoms with van der Waals surface area (Å²) in [4.78, 5) is 45.4. The van der Waals surface area contributed by atoms with Crippen LogP contribution in [0.2, 0.25) is 0 Å². The highest BCUT2D eigenvalue weighted by atomic mass is 14.9. The molecule has 9 heteroatoms. The first-order chi connectivity index (χ1) is 48.3. The summed E-state index contributed by atoms with van der Waals surface area (Å²) in [5.74, 6) is 2.09. The van der Waals surface area contributed by atoms with Crippen LogP contribution in [0.5, 0.6) is 0 Å². The lowest BCUT2D eigenvalue weighted by atomic mass is 9.86. The van der Waals surface area contributed by atoms with Gasteiger partial charge in [0, 0.05) is 84.5 Å². The second-order valence-electron chi connectivity index (χ2n) is 33.4. The van der Waals surface area contributed by atoms with Crippen molar-refractivity contribution in [2.45, 2.75) is 157 Å². The van der Waals surface area contributed by atoms with Gasteiger partial charge in [-0.25, -0.2) is 29.9 Å². The van der Waals surface area contributed by atoms with Gasteiger partial charge in [-0.05, 0) is 140 Å². The van der Waals surface area contributed by atoms with Crippen LogP contribution in [0.25, 0.3) is 135 Å². The zero-order chi connectivity index (χ0) is 72.3. The molecule has 0 aliphatic rings. The molecular formula is C93H93N9. The van der Waals surface area contributed by atoms with E-state index in [1.807, 2.05) is 18.6 Å². The van der Waals surface area contributed by atoms with Crippen LogP contribution in [0.4, 0.5) is 0 Å². The van der Waals surface area contributed by atoms with E-state index in [4.69, 9.17) is 44.9 Å². The van der Waals surface area contributed by atoms with Crippen molar-refractivity contribution < 1.29 is 0 Å². The predicted octanol–water partition coefficient (Wildman–Crippen LogP) is 24.0. The van der Waals surface area contributed by atoms with Gasteiger partial charge in [0.05, 0.1) is 51.2 Å². The molecule has 0 saturated carbocycles. The molecule has 0 fully saturated rings. The highest BCUT2D eigenvalue weighted by Crippen LogP contribution is 2.44. The lowest BCUT2D eigenvalue weighted by Crippen LogP contribution is -2.20. The molecule has 0 amide bonds. The van der Waals surface area contributed by atoms with Crippen molar-refractivity contribution in [2.75, 3.05) is 0 Å². The van der Waals surface area contributed by atoms with Crippen molar-refractivity contribution in [3.8, 4) is 135 Å². The van der Waals surface area contributed by atoms with Gasteiger partial charge >= 0.3 is 0 Å². The Labute approximate surface area is 604 Å². The number of pyridine rings is 3. The normalized spacial score (nSPS) is 12.4. The minimum Gasteiger partial charge on any atom is -0.255 e. The molecule has 0 bridgehead atoms. The monoisotopic (exact) mass is 1340 g/mol. The molecule has 6 aromatic heterocycles. The number of aromatic nitrogens is 9. The van der Waals surface area contributed by atoms with Gasteiger partial charge in [0.15, 0.2) is 17.5 Å². The maximum absolute atomic E-state index is 5.06. The van der Waals surface area contributed by atoms with Crippen LogP contribution >= 0.6 is 0 Å². The molecule has 0 saturated heterocycles. The van der Waals surface area contributed by atoms with Crippen molar-refractivity contribution in [2.24, 2.45) is 0 Å². The zero-order valence-electron chi connectivity index (χ0n) is 62.5. The van der Waals surface area contributed by atoms with Crippen molar-refractivity contribution in [3.63, 3.8) is 0 Å². The van der Waals surface area contributed by atoms with E-state index in [1.54, 1.807) is 0 Å². The van der Waals surface area contributed by atoms with Crippen molar-refractivity contribution in [1.82, 2.24) is 44.9 Å². The highest BCUT2D eigenvalue weighted by molar-refractivity contribution is 5.94. The number of rotatable bonds is 12. The largest absolute Gasteiger partial charge is 0.255 e. The van der Waals surface area contributed by atoms with Crippen LogP contribution in [0.3, 0.4) is 0 Å². The average molecular weight is 1340 g/mol. The number of benzene rings is 7. The molecule has 0 aliphatic carbocycles. The Morgan fingerprint density at radius 3 is 0.529 bits per heavy atom. The maximum atomic E-state index is 5.06. The molecule has 0 atom stereocenters. The SMILES string of the molecule is CC(C)(C)c1cc(C(C)(C)C)nc(-c2ccc(-c3ccc(-c4ccccc4-c4cc(-c5ccccc5-c5ccc(-c6ccc(-c7nc(C(C)(C)C)cc(C(C)(C)C)n7)cn6)cc5)cc(-c5ccccc5-c5ccc(-c6ccc(-c7nc(C(C)(C)C)cc(C(C)(C)C)n7)cn6)cc5)c4)cc3)nc2)n1. The Hall–Kier alpha value is -10.8. The number of hydrogen-bond acceptors (Lipinski definition) is 9. The third-order valence-electron chi connectivity index (χ3n) is 19.0. The topological polar surface area (TPSA) is 116 Å². The fraction of sp³-hybridized carbons (Fsp3) is 0.258. The smallest absolute Gasteiger partial charge is 0.161 e. The summed E-state index contributed by atoms with van der Waals surface area (Å²) < 4.78 is 0. The standard InChI is InChI=1S/C93H93N9/c1-88(2,3)79-52-80(89(4,5)6)98-85(97-79)64-43-46-76(94-55-64)61-37-31-58(32-38-61)70-25-19-22-28-73(70)67-49-68(74-29-23-20-26-71(74)59-33-39-62(40-34-59)77-47-44-65(56-95-77)86-99-81(90(7,8)9)53-82(100-86)91(10,11)12)51-69(50-67)75-30-24-21-27-72(75)60-35-41-63(42-36-60)78-48-45-66(57-96-78)87-101-83(92(13,14)15)54-84(102-87)93(16,17)18/h19-57H,1-18H3. The Morgan fingerprint density at radius 2 is 0.353 bits per heavy atom. The van der Waals surface area contributed by atoms with Crippen molar-refractivity contribution in [3.05, 3.63) is 271 Å². The Kier molecular flexibility index (Phi) is 18.4. The fourth-order valence-corrected chi connectivity index (χ4v) is 12.6. The molecule has 0 radical (unpaired) electrons. The summed E-state index contributed by atoms with van der Waals surface area (Å²) in [6.45, 7) is 39.5. The van der Waals surface area contributed by atoms with Gasteiger partial charge in [-0.1, -0.05) is 270 Å². The number of nitrogens with zero attached hydrogens (tertiary/aromatic N) is 9. The van der Waals surface area contributed by atoms with E-state index in [2.05, 4.69) is 343 Å². The van der Waals surface area contributed by atoms with Gasteiger partial charge in [-0.15, -0.1) is 0 Å². The molecule has 0 N–H and O–H groups in total. The molecular weight excluding hydrogens is 1240 g/mol. The molecule has 510 valence electrons. The first-order valence-corrected chi connectivity index (χ1v) is 35.6. The van der Waals surface area contributed by atoms with E-state index in [9.17, 15) is 0 Å². The van der Waals surface area contributed by atoms with Crippen LogP contribution in [-0.4, -0.2) is 44.9 Å². The summed E-state index contributed by atoms with van der Waals surface area (Å²) in [7, 11) is 0. The molecule has 0 aliphatic heterocycles. The molecule has 7 aromatic carbocycles. The van der Waals surface area contributed by atoms with E-state index in [0.29, 0.717) is 17.5 Å². The highest BCUT2D eigenvalue weighted by Gasteiger charge is 2.28. The van der Waals surface area contributed by atoms with E-state index in [1.165, 1.54) is 0 Å². The molecule has 102 heavy (non-hydrogen) atoms. The van der Waals surface area contributed by atoms with Gasteiger partial charge in [0.1, 0.15) is 0 Å². The minimum atomic E-state index is -0.134. The zero-order valence-corrected chi connectivity index (χ0v) is 62.5. The second kappa shape index (κ2) is 27.0. The Morgan fingerprint density at radius 1 is 0.176 bits per heavy atom. The van der Waals surface area contributed by atoms with E-state index < -0.39 is 0 Å². The fourth-order valence-electron chi connectivity index (χ4n) is 12.6. The maximum Gasteiger partial charge on any atom is 0.161 e. The van der Waals surface area contributed by atoms with E-state index in [0.717, 1.165) is 151 Å². The molecule has 9 nitrogen and oxygen atoms in total. The quantitative estimate of drug-likeness (QED) is 0.118.